The molecule has 7 heteroatoms. The van der Waals surface area contributed by atoms with Gasteiger partial charge in [0.05, 0.1) is 0 Å². The Balaban J connectivity index is 2.94. The second-order valence-electron chi connectivity index (χ2n) is 4.28. The van der Waals surface area contributed by atoms with E-state index in [-0.39, 0.29) is 17.9 Å². The molecule has 0 aliphatic heterocycles. The lowest BCUT2D eigenvalue weighted by atomic mass is 10.2. The minimum atomic E-state index is -0.379. The zero-order valence-electron chi connectivity index (χ0n) is 11.1. The molecule has 0 saturated heterocycles. The summed E-state index contributed by atoms with van der Waals surface area (Å²) in [7, 11) is 1.59. The topological polar surface area (TPSA) is 105 Å². The fourth-order valence-corrected chi connectivity index (χ4v) is 1.38. The molecule has 1 heterocycles. The van der Waals surface area contributed by atoms with Gasteiger partial charge in [-0.2, -0.15) is 0 Å². The van der Waals surface area contributed by atoms with Crippen molar-refractivity contribution in [1.82, 2.24) is 15.3 Å². The number of nitrogens with one attached hydrogen (secondary N) is 3. The lowest BCUT2D eigenvalue weighted by Crippen LogP contribution is -2.35. The molecule has 0 aliphatic rings. The first-order chi connectivity index (χ1) is 8.47. The van der Waals surface area contributed by atoms with E-state index in [0.29, 0.717) is 17.5 Å². The number of likely N-dealkylation sites (N-methyl/N-ethyl adjacent to an activating group) is 1. The van der Waals surface area contributed by atoms with Crippen LogP contribution in [-0.4, -0.2) is 29.0 Å². The molecule has 7 nitrogen and oxygen atoms in total. The first-order valence-electron chi connectivity index (χ1n) is 5.81. The molecule has 1 amide bonds. The first kappa shape index (κ1) is 14.2. The minimum Gasteiger partial charge on any atom is -0.358 e. The minimum absolute atomic E-state index is 0.109. The Hall–Kier alpha value is -1.89. The number of anilines is 2. The number of hydrazine groups is 1. The van der Waals surface area contributed by atoms with Gasteiger partial charge in [0.1, 0.15) is 23.5 Å². The number of hydrogen-bond acceptors (Lipinski definition) is 6. The average molecular weight is 252 g/mol. The number of nitrogens with zero attached hydrogens (tertiary/aromatic N) is 2. The van der Waals surface area contributed by atoms with Gasteiger partial charge in [-0.3, -0.25) is 4.79 Å². The van der Waals surface area contributed by atoms with E-state index in [9.17, 15) is 4.79 Å². The Morgan fingerprint density at radius 2 is 1.89 bits per heavy atom. The highest BCUT2D eigenvalue weighted by molar-refractivity contribution is 5.83. The number of rotatable bonds is 5. The summed E-state index contributed by atoms with van der Waals surface area (Å²) < 4.78 is 0. The maximum atomic E-state index is 11.4. The van der Waals surface area contributed by atoms with Crippen molar-refractivity contribution in [3.8, 4) is 0 Å². The molecule has 0 aromatic carbocycles. The molecule has 100 valence electrons. The van der Waals surface area contributed by atoms with Crippen molar-refractivity contribution >= 4 is 17.5 Å². The summed E-state index contributed by atoms with van der Waals surface area (Å²) in [6, 6.07) is 1.28. The Bertz CT molecular complexity index is 420. The summed E-state index contributed by atoms with van der Waals surface area (Å²) in [5, 5.41) is 5.57. The average Bonchev–Trinajstić information content (AvgIpc) is 2.36. The summed E-state index contributed by atoms with van der Waals surface area (Å²) >= 11 is 0. The van der Waals surface area contributed by atoms with Crippen LogP contribution in [0.1, 0.15) is 32.5 Å². The third-order valence-corrected chi connectivity index (χ3v) is 2.41. The van der Waals surface area contributed by atoms with Gasteiger partial charge >= 0.3 is 0 Å². The van der Waals surface area contributed by atoms with Crippen LogP contribution in [0.5, 0.6) is 0 Å². The van der Waals surface area contributed by atoms with Crippen LogP contribution < -0.4 is 21.9 Å². The van der Waals surface area contributed by atoms with Crippen molar-refractivity contribution in [2.24, 2.45) is 5.84 Å². The van der Waals surface area contributed by atoms with Crippen LogP contribution in [0, 0.1) is 0 Å². The van der Waals surface area contributed by atoms with E-state index in [4.69, 9.17) is 5.84 Å². The van der Waals surface area contributed by atoms with Gasteiger partial charge in [0.2, 0.25) is 5.91 Å². The number of amides is 1. The highest BCUT2D eigenvalue weighted by atomic mass is 16.2. The SMILES string of the molecule is CNC(=O)C(C)Nc1cc(NN)nc(C(C)C)n1. The second-order valence-corrected chi connectivity index (χ2v) is 4.28. The van der Waals surface area contributed by atoms with E-state index in [1.165, 1.54) is 0 Å². The van der Waals surface area contributed by atoms with Crippen molar-refractivity contribution in [2.75, 3.05) is 17.8 Å². The smallest absolute Gasteiger partial charge is 0.241 e. The van der Waals surface area contributed by atoms with Crippen molar-refractivity contribution in [3.05, 3.63) is 11.9 Å². The van der Waals surface area contributed by atoms with Crippen LogP contribution in [0.2, 0.25) is 0 Å². The molecule has 0 spiro atoms. The Morgan fingerprint density at radius 1 is 1.28 bits per heavy atom. The monoisotopic (exact) mass is 252 g/mol. The van der Waals surface area contributed by atoms with Crippen molar-refractivity contribution in [1.29, 1.82) is 0 Å². The molecule has 1 unspecified atom stereocenters. The number of nitrogens with two attached hydrogens (primary N) is 1. The fourth-order valence-electron chi connectivity index (χ4n) is 1.38. The van der Waals surface area contributed by atoms with E-state index in [2.05, 4.69) is 26.0 Å². The van der Waals surface area contributed by atoms with Crippen molar-refractivity contribution in [3.63, 3.8) is 0 Å². The van der Waals surface area contributed by atoms with Gasteiger partial charge in [-0.1, -0.05) is 13.8 Å². The van der Waals surface area contributed by atoms with E-state index < -0.39 is 0 Å². The lowest BCUT2D eigenvalue weighted by molar-refractivity contribution is -0.121. The molecule has 18 heavy (non-hydrogen) atoms. The van der Waals surface area contributed by atoms with Gasteiger partial charge in [-0.25, -0.2) is 15.8 Å². The van der Waals surface area contributed by atoms with Crippen molar-refractivity contribution < 1.29 is 4.79 Å². The third-order valence-electron chi connectivity index (χ3n) is 2.41. The van der Waals surface area contributed by atoms with E-state index >= 15 is 0 Å². The van der Waals surface area contributed by atoms with E-state index in [1.807, 2.05) is 13.8 Å². The normalized spacial score (nSPS) is 12.1. The molecule has 0 fully saturated rings. The van der Waals surface area contributed by atoms with Gasteiger partial charge in [-0.15, -0.1) is 0 Å². The second kappa shape index (κ2) is 6.15. The predicted octanol–water partition coefficient (Wildman–Crippen LogP) is 0.432. The highest BCUT2D eigenvalue weighted by Crippen LogP contribution is 2.16. The van der Waals surface area contributed by atoms with Crippen LogP contribution >= 0.6 is 0 Å². The number of carbonyl (C=O) groups is 1. The molecule has 0 bridgehead atoms. The number of nitrogen functional groups attached to an aromatic ring is 1. The van der Waals surface area contributed by atoms with Crippen LogP contribution in [0.15, 0.2) is 6.07 Å². The van der Waals surface area contributed by atoms with E-state index in [0.717, 1.165) is 0 Å². The largest absolute Gasteiger partial charge is 0.358 e. The zero-order chi connectivity index (χ0) is 13.7. The summed E-state index contributed by atoms with van der Waals surface area (Å²) in [5.41, 5.74) is 2.49. The fraction of sp³-hybridized carbons (Fsp3) is 0.545. The maximum absolute atomic E-state index is 11.4. The van der Waals surface area contributed by atoms with Gasteiger partial charge in [0.25, 0.3) is 0 Å². The van der Waals surface area contributed by atoms with Crippen LogP contribution in [0.25, 0.3) is 0 Å². The molecular weight excluding hydrogens is 232 g/mol. The van der Waals surface area contributed by atoms with Crippen LogP contribution in [-0.2, 0) is 4.79 Å². The molecule has 0 radical (unpaired) electrons. The van der Waals surface area contributed by atoms with Gasteiger partial charge in [0, 0.05) is 19.0 Å². The molecular formula is C11H20N6O. The summed E-state index contributed by atoms with van der Waals surface area (Å²) in [4.78, 5) is 20.0. The standard InChI is InChI=1S/C11H20N6O/c1-6(2)10-15-8(5-9(16-10)17-12)14-7(3)11(18)13-4/h5-7H,12H2,1-4H3,(H,13,18)(H2,14,15,16,17). The highest BCUT2D eigenvalue weighted by Gasteiger charge is 2.13. The maximum Gasteiger partial charge on any atom is 0.241 e. The number of aromatic nitrogens is 2. The Kier molecular flexibility index (Phi) is 4.85. The van der Waals surface area contributed by atoms with Gasteiger partial charge < -0.3 is 16.1 Å². The van der Waals surface area contributed by atoms with Crippen LogP contribution in [0.4, 0.5) is 11.6 Å². The quantitative estimate of drug-likeness (QED) is 0.447. The number of carbonyl (C=O) groups excluding carboxylic acids is 1. The third kappa shape index (κ3) is 3.56. The van der Waals surface area contributed by atoms with Gasteiger partial charge in [-0.05, 0) is 6.92 Å². The van der Waals surface area contributed by atoms with Gasteiger partial charge in [0.15, 0.2) is 0 Å². The van der Waals surface area contributed by atoms with Crippen LogP contribution in [0.3, 0.4) is 0 Å². The van der Waals surface area contributed by atoms with Crippen molar-refractivity contribution in [2.45, 2.75) is 32.7 Å². The molecule has 1 rings (SSSR count). The summed E-state index contributed by atoms with van der Waals surface area (Å²) in [6.45, 7) is 5.73. The molecule has 1 aromatic heterocycles. The molecule has 5 N–H and O–H groups in total. The van der Waals surface area contributed by atoms with E-state index in [1.54, 1.807) is 20.0 Å². The summed E-state index contributed by atoms with van der Waals surface area (Å²) in [6.07, 6.45) is 0. The Morgan fingerprint density at radius 3 is 2.39 bits per heavy atom. The molecule has 0 saturated carbocycles. The molecule has 1 aromatic rings. The first-order valence-corrected chi connectivity index (χ1v) is 5.81. The predicted molar refractivity (Wildman–Crippen MR) is 71.1 cm³/mol. The molecule has 1 atom stereocenters. The Labute approximate surface area is 107 Å². The number of hydrogen-bond donors (Lipinski definition) is 4. The summed E-state index contributed by atoms with van der Waals surface area (Å²) in [5.74, 6) is 7.17. The molecule has 0 aliphatic carbocycles. The lowest BCUT2D eigenvalue weighted by Gasteiger charge is -2.15. The zero-order valence-corrected chi connectivity index (χ0v) is 11.1.